The Balaban J connectivity index is 1.75. The normalized spacial score (nSPS) is 29.6. The van der Waals surface area contributed by atoms with Crippen LogP contribution < -0.4 is 5.32 Å². The quantitative estimate of drug-likeness (QED) is 0.599. The molecule has 0 bridgehead atoms. The van der Waals surface area contributed by atoms with Crippen molar-refractivity contribution in [3.8, 4) is 0 Å². The maximum Gasteiger partial charge on any atom is 0.308 e. The monoisotopic (exact) mass is 201 g/mol. The number of nitrogens with one attached hydrogen (secondary N) is 1. The molecular weight excluding hydrogens is 186 g/mol. The highest BCUT2D eigenvalue weighted by Crippen LogP contribution is 2.22. The van der Waals surface area contributed by atoms with Crippen LogP contribution in [0.1, 0.15) is 6.42 Å². The van der Waals surface area contributed by atoms with E-state index in [0.717, 1.165) is 0 Å². The van der Waals surface area contributed by atoms with Crippen molar-refractivity contribution in [2.24, 2.45) is 0 Å². The molecule has 5 nitrogen and oxygen atoms in total. The highest BCUT2D eigenvalue weighted by atomic mass is 16.5. The fourth-order valence-corrected chi connectivity index (χ4v) is 1.65. The zero-order valence-corrected chi connectivity index (χ0v) is 8.25. The van der Waals surface area contributed by atoms with Crippen LogP contribution in [0, 0.1) is 0 Å². The molecule has 0 aromatic heterocycles. The van der Waals surface area contributed by atoms with Gasteiger partial charge in [-0.3, -0.25) is 4.79 Å². The summed E-state index contributed by atoms with van der Waals surface area (Å²) in [5.74, 6) is -0.224. The van der Waals surface area contributed by atoms with Crippen molar-refractivity contribution >= 4 is 5.97 Å². The van der Waals surface area contributed by atoms with Gasteiger partial charge in [-0.05, 0) is 0 Å². The first kappa shape index (κ1) is 9.89. The lowest BCUT2D eigenvalue weighted by atomic mass is 9.96. The number of hydrogen-bond donors (Lipinski definition) is 1. The molecule has 2 rings (SSSR count). The van der Waals surface area contributed by atoms with Crippen LogP contribution in [0.4, 0.5) is 0 Å². The van der Waals surface area contributed by atoms with Gasteiger partial charge in [-0.1, -0.05) is 0 Å². The zero-order valence-electron chi connectivity index (χ0n) is 8.25. The van der Waals surface area contributed by atoms with Crippen molar-refractivity contribution in [3.63, 3.8) is 0 Å². The molecule has 2 aliphatic rings. The summed E-state index contributed by atoms with van der Waals surface area (Å²) in [4.78, 5) is 11.0. The van der Waals surface area contributed by atoms with E-state index in [4.69, 9.17) is 9.47 Å². The van der Waals surface area contributed by atoms with Gasteiger partial charge in [0.25, 0.3) is 0 Å². The van der Waals surface area contributed by atoms with Gasteiger partial charge in [0.15, 0.2) is 0 Å². The minimum atomic E-state index is -0.224. The molecule has 0 aliphatic carbocycles. The Morgan fingerprint density at radius 2 is 2.36 bits per heavy atom. The fourth-order valence-electron chi connectivity index (χ4n) is 1.65. The van der Waals surface area contributed by atoms with Gasteiger partial charge in [0.2, 0.25) is 0 Å². The number of carbonyl (C=O) groups excluding carboxylic acids is 1. The van der Waals surface area contributed by atoms with E-state index in [1.165, 1.54) is 7.11 Å². The number of morpholine rings is 1. The van der Waals surface area contributed by atoms with E-state index in [1.54, 1.807) is 0 Å². The summed E-state index contributed by atoms with van der Waals surface area (Å²) in [7, 11) is 1.39. The van der Waals surface area contributed by atoms with Crippen molar-refractivity contribution in [2.45, 2.75) is 18.1 Å². The topological polar surface area (TPSA) is 56.8 Å². The maximum absolute atomic E-state index is 11.0. The number of carbonyl (C=O) groups is 1. The van der Waals surface area contributed by atoms with Gasteiger partial charge in [0.05, 0.1) is 45.0 Å². The molecule has 2 heterocycles. The van der Waals surface area contributed by atoms with Crippen molar-refractivity contribution < 1.29 is 19.0 Å². The zero-order chi connectivity index (χ0) is 10.0. The van der Waals surface area contributed by atoms with E-state index >= 15 is 0 Å². The average Bonchev–Trinajstić information content (AvgIpc) is 2.16. The highest BCUT2D eigenvalue weighted by molar-refractivity contribution is 5.69. The molecule has 1 N–H and O–H groups in total. The minimum Gasteiger partial charge on any atom is -0.469 e. The first-order valence-electron chi connectivity index (χ1n) is 4.75. The van der Waals surface area contributed by atoms with Crippen LogP contribution in [0.5, 0.6) is 0 Å². The van der Waals surface area contributed by atoms with Crippen LogP contribution in [0.25, 0.3) is 0 Å². The standard InChI is InChI=1S/C9H15NO4/c1-12-8(11)2-7-3-10-9(6-14-7)4-13-5-9/h7,10H,2-6H2,1H3. The molecular formula is C9H15NO4. The summed E-state index contributed by atoms with van der Waals surface area (Å²) in [6, 6.07) is 0. The largest absolute Gasteiger partial charge is 0.469 e. The summed E-state index contributed by atoms with van der Waals surface area (Å²) in [5.41, 5.74) is 0.0205. The van der Waals surface area contributed by atoms with Gasteiger partial charge in [0.1, 0.15) is 0 Å². The van der Waals surface area contributed by atoms with E-state index in [9.17, 15) is 4.79 Å². The van der Waals surface area contributed by atoms with E-state index in [2.05, 4.69) is 10.1 Å². The molecule has 2 aliphatic heterocycles. The summed E-state index contributed by atoms with van der Waals surface area (Å²) in [6.45, 7) is 2.73. The molecule has 0 aromatic carbocycles. The number of methoxy groups -OCH3 is 1. The molecule has 1 unspecified atom stereocenters. The minimum absolute atomic E-state index is 0.0205. The van der Waals surface area contributed by atoms with Crippen LogP contribution >= 0.6 is 0 Å². The van der Waals surface area contributed by atoms with Crippen molar-refractivity contribution in [2.75, 3.05) is 33.5 Å². The Labute approximate surface area is 82.7 Å². The first-order chi connectivity index (χ1) is 6.74. The Hall–Kier alpha value is -0.650. The predicted molar refractivity (Wildman–Crippen MR) is 47.9 cm³/mol. The van der Waals surface area contributed by atoms with E-state index in [-0.39, 0.29) is 17.6 Å². The molecule has 1 atom stereocenters. The second-order valence-electron chi connectivity index (χ2n) is 3.87. The Bertz CT molecular complexity index is 217. The second-order valence-corrected chi connectivity index (χ2v) is 3.87. The van der Waals surface area contributed by atoms with E-state index in [0.29, 0.717) is 32.8 Å². The second kappa shape index (κ2) is 3.84. The predicted octanol–water partition coefficient (Wildman–Crippen LogP) is -0.693. The van der Waals surface area contributed by atoms with Gasteiger partial charge in [-0.25, -0.2) is 0 Å². The smallest absolute Gasteiger partial charge is 0.308 e. The molecule has 0 saturated carbocycles. The molecule has 80 valence electrons. The summed E-state index contributed by atoms with van der Waals surface area (Å²) >= 11 is 0. The average molecular weight is 201 g/mol. The third-order valence-corrected chi connectivity index (χ3v) is 2.68. The molecule has 2 fully saturated rings. The van der Waals surface area contributed by atoms with Gasteiger partial charge >= 0.3 is 5.97 Å². The lowest BCUT2D eigenvalue weighted by molar-refractivity contribution is -0.161. The highest BCUT2D eigenvalue weighted by Gasteiger charge is 2.42. The molecule has 5 heteroatoms. The number of hydrogen-bond acceptors (Lipinski definition) is 5. The Morgan fingerprint density at radius 3 is 2.79 bits per heavy atom. The summed E-state index contributed by atoms with van der Waals surface area (Å²) < 4.78 is 15.3. The van der Waals surface area contributed by atoms with Crippen molar-refractivity contribution in [1.29, 1.82) is 0 Å². The van der Waals surface area contributed by atoms with Gasteiger partial charge < -0.3 is 19.5 Å². The number of esters is 1. The molecule has 0 radical (unpaired) electrons. The Kier molecular flexibility index (Phi) is 2.71. The lowest BCUT2D eigenvalue weighted by Gasteiger charge is -2.46. The molecule has 1 spiro atoms. The summed E-state index contributed by atoms with van der Waals surface area (Å²) in [5, 5.41) is 3.35. The molecule has 14 heavy (non-hydrogen) atoms. The third-order valence-electron chi connectivity index (χ3n) is 2.68. The molecule has 0 aromatic rings. The van der Waals surface area contributed by atoms with Crippen molar-refractivity contribution in [1.82, 2.24) is 5.32 Å². The van der Waals surface area contributed by atoms with Crippen LogP contribution in [0.2, 0.25) is 0 Å². The van der Waals surface area contributed by atoms with Crippen LogP contribution in [0.3, 0.4) is 0 Å². The SMILES string of the molecule is COC(=O)CC1CNC2(COC2)CO1. The van der Waals surface area contributed by atoms with Crippen LogP contribution in [-0.2, 0) is 19.0 Å². The van der Waals surface area contributed by atoms with Crippen LogP contribution in [-0.4, -0.2) is 51.1 Å². The first-order valence-corrected chi connectivity index (χ1v) is 4.75. The molecule has 2 saturated heterocycles. The number of ether oxygens (including phenoxy) is 3. The van der Waals surface area contributed by atoms with Gasteiger partial charge in [-0.15, -0.1) is 0 Å². The maximum atomic E-state index is 11.0. The number of rotatable bonds is 2. The molecule has 0 amide bonds. The van der Waals surface area contributed by atoms with Crippen molar-refractivity contribution in [3.05, 3.63) is 0 Å². The Morgan fingerprint density at radius 1 is 1.57 bits per heavy atom. The van der Waals surface area contributed by atoms with E-state index < -0.39 is 0 Å². The lowest BCUT2D eigenvalue weighted by Crippen LogP contribution is -2.68. The fraction of sp³-hybridized carbons (Fsp3) is 0.889. The van der Waals surface area contributed by atoms with Crippen LogP contribution in [0.15, 0.2) is 0 Å². The van der Waals surface area contributed by atoms with Gasteiger partial charge in [0, 0.05) is 6.54 Å². The van der Waals surface area contributed by atoms with Gasteiger partial charge in [-0.2, -0.15) is 0 Å². The van der Waals surface area contributed by atoms with E-state index in [1.807, 2.05) is 0 Å². The summed E-state index contributed by atoms with van der Waals surface area (Å²) in [6.07, 6.45) is 0.258. The third kappa shape index (κ3) is 1.89.